The molecule has 0 unspecified atom stereocenters. The topological polar surface area (TPSA) is 49.4 Å². The molecule has 4 aromatic carbocycles. The molecule has 196 valence electrons. The molecule has 1 N–H and O–H groups in total. The lowest BCUT2D eigenvalue weighted by Gasteiger charge is -2.32. The second-order valence-corrected chi connectivity index (χ2v) is 10.2. The van der Waals surface area contributed by atoms with E-state index in [0.717, 1.165) is 28.7 Å². The average Bonchev–Trinajstić information content (AvgIpc) is 2.94. The second-order valence-electron chi connectivity index (χ2n) is 10.2. The smallest absolute Gasteiger partial charge is 0.243 e. The maximum Gasteiger partial charge on any atom is 0.243 e. The fourth-order valence-electron chi connectivity index (χ4n) is 4.90. The van der Waals surface area contributed by atoms with Crippen LogP contribution in [0.15, 0.2) is 97.1 Å². The van der Waals surface area contributed by atoms with Gasteiger partial charge in [0.2, 0.25) is 11.8 Å². The van der Waals surface area contributed by atoms with Gasteiger partial charge in [-0.15, -0.1) is 0 Å². The van der Waals surface area contributed by atoms with Gasteiger partial charge in [0.25, 0.3) is 0 Å². The van der Waals surface area contributed by atoms with Crippen LogP contribution in [0.2, 0.25) is 0 Å². The molecule has 0 aliphatic heterocycles. The summed E-state index contributed by atoms with van der Waals surface area (Å²) in [4.78, 5) is 29.4. The minimum Gasteiger partial charge on any atom is -0.352 e. The van der Waals surface area contributed by atoms with E-state index >= 15 is 0 Å². The molecule has 0 radical (unpaired) electrons. The summed E-state index contributed by atoms with van der Waals surface area (Å²) in [5.41, 5.74) is 4.34. The van der Waals surface area contributed by atoms with Gasteiger partial charge in [-0.3, -0.25) is 9.59 Å². The minimum absolute atomic E-state index is 0.0142. The molecular weight excluding hydrogens is 468 g/mol. The largest absolute Gasteiger partial charge is 0.352 e. The number of hydrogen-bond acceptors (Lipinski definition) is 2. The summed E-state index contributed by atoms with van der Waals surface area (Å²) in [6, 6.07) is 32.1. The molecule has 0 fully saturated rings. The quantitative estimate of drug-likeness (QED) is 0.248. The van der Waals surface area contributed by atoms with Gasteiger partial charge in [0.05, 0.1) is 0 Å². The Morgan fingerprint density at radius 2 is 1.53 bits per heavy atom. The first-order valence-corrected chi connectivity index (χ1v) is 13.6. The van der Waals surface area contributed by atoms with Crippen LogP contribution in [-0.2, 0) is 29.0 Å². The molecular formula is C34H38N2O2. The molecule has 4 rings (SSSR count). The normalized spacial score (nSPS) is 12.6. The Morgan fingerprint density at radius 3 is 2.29 bits per heavy atom. The van der Waals surface area contributed by atoms with Crippen LogP contribution in [0, 0.1) is 6.92 Å². The number of fused-ring (bicyclic) bond motifs is 1. The van der Waals surface area contributed by atoms with E-state index in [2.05, 4.69) is 42.6 Å². The SMILES string of the molecule is CC[C@H](C)NC(=O)[C@@H](Cc1ccccc1)N(Cc1cccc(C)c1)C(=O)CCc1cccc2ccccc12. The molecule has 2 amide bonds. The summed E-state index contributed by atoms with van der Waals surface area (Å²) >= 11 is 0. The summed E-state index contributed by atoms with van der Waals surface area (Å²) in [5.74, 6) is -0.117. The first kappa shape index (κ1) is 27.1. The van der Waals surface area contributed by atoms with E-state index < -0.39 is 6.04 Å². The van der Waals surface area contributed by atoms with Crippen LogP contribution in [0.3, 0.4) is 0 Å². The van der Waals surface area contributed by atoms with Gasteiger partial charge in [-0.25, -0.2) is 0 Å². The molecule has 0 saturated heterocycles. The van der Waals surface area contributed by atoms with Crippen LogP contribution in [-0.4, -0.2) is 28.8 Å². The van der Waals surface area contributed by atoms with Gasteiger partial charge in [0.1, 0.15) is 6.04 Å². The number of nitrogens with one attached hydrogen (secondary N) is 1. The van der Waals surface area contributed by atoms with Crippen LogP contribution in [0.5, 0.6) is 0 Å². The van der Waals surface area contributed by atoms with Crippen molar-refractivity contribution < 1.29 is 9.59 Å². The fourth-order valence-corrected chi connectivity index (χ4v) is 4.90. The molecule has 2 atom stereocenters. The Bertz CT molecular complexity index is 1360. The van der Waals surface area contributed by atoms with E-state index in [1.165, 1.54) is 10.8 Å². The monoisotopic (exact) mass is 506 g/mol. The molecule has 4 heteroatoms. The number of hydrogen-bond donors (Lipinski definition) is 1. The molecule has 0 bridgehead atoms. The molecule has 4 nitrogen and oxygen atoms in total. The lowest BCUT2D eigenvalue weighted by Crippen LogP contribution is -2.52. The zero-order chi connectivity index (χ0) is 26.9. The highest BCUT2D eigenvalue weighted by Gasteiger charge is 2.30. The van der Waals surface area contributed by atoms with Crippen molar-refractivity contribution in [3.05, 3.63) is 119 Å². The van der Waals surface area contributed by atoms with E-state index in [1.54, 1.807) is 4.90 Å². The molecule has 0 aromatic heterocycles. The van der Waals surface area contributed by atoms with E-state index in [9.17, 15) is 9.59 Å². The van der Waals surface area contributed by atoms with Gasteiger partial charge in [-0.05, 0) is 54.2 Å². The molecule has 0 aliphatic rings. The van der Waals surface area contributed by atoms with Crippen molar-refractivity contribution in [3.63, 3.8) is 0 Å². The van der Waals surface area contributed by atoms with Crippen molar-refractivity contribution in [2.45, 2.75) is 65.1 Å². The molecule has 0 spiro atoms. The van der Waals surface area contributed by atoms with E-state index in [4.69, 9.17) is 0 Å². The minimum atomic E-state index is -0.605. The summed E-state index contributed by atoms with van der Waals surface area (Å²) in [6.45, 7) is 6.50. The van der Waals surface area contributed by atoms with Crippen LogP contribution in [0.25, 0.3) is 10.8 Å². The molecule has 0 aliphatic carbocycles. The van der Waals surface area contributed by atoms with Crippen molar-refractivity contribution in [1.29, 1.82) is 0 Å². The summed E-state index contributed by atoms with van der Waals surface area (Å²) < 4.78 is 0. The van der Waals surface area contributed by atoms with E-state index in [1.807, 2.05) is 80.6 Å². The average molecular weight is 507 g/mol. The van der Waals surface area contributed by atoms with Crippen molar-refractivity contribution in [2.75, 3.05) is 0 Å². The molecule has 4 aromatic rings. The van der Waals surface area contributed by atoms with Crippen LogP contribution in [0.4, 0.5) is 0 Å². The number of rotatable bonds is 11. The van der Waals surface area contributed by atoms with Crippen molar-refractivity contribution >= 4 is 22.6 Å². The van der Waals surface area contributed by atoms with Crippen molar-refractivity contribution in [2.24, 2.45) is 0 Å². The Hall–Kier alpha value is -3.92. The summed E-state index contributed by atoms with van der Waals surface area (Å²) in [7, 11) is 0. The van der Waals surface area contributed by atoms with Gasteiger partial charge in [-0.1, -0.05) is 110 Å². The number of carbonyl (C=O) groups is 2. The highest BCUT2D eigenvalue weighted by molar-refractivity contribution is 5.89. The standard InChI is InChI=1S/C34H38N2O2/c1-4-26(3)35-34(38)32(23-27-13-6-5-7-14-27)36(24-28-15-10-12-25(2)22-28)33(37)21-20-30-18-11-17-29-16-8-9-19-31(29)30/h5-19,22,26,32H,4,20-21,23-24H2,1-3H3,(H,35,38)/t26-,32+/m0/s1. The Kier molecular flexibility index (Phi) is 9.31. The van der Waals surface area contributed by atoms with Gasteiger partial charge in [0.15, 0.2) is 0 Å². The molecule has 0 saturated carbocycles. The number of amides is 2. The third kappa shape index (κ3) is 7.10. The van der Waals surface area contributed by atoms with Crippen LogP contribution >= 0.6 is 0 Å². The lowest BCUT2D eigenvalue weighted by molar-refractivity contribution is -0.141. The molecule has 0 heterocycles. The maximum atomic E-state index is 14.0. The van der Waals surface area contributed by atoms with Gasteiger partial charge >= 0.3 is 0 Å². The predicted molar refractivity (Wildman–Crippen MR) is 156 cm³/mol. The van der Waals surface area contributed by atoms with Crippen LogP contribution < -0.4 is 5.32 Å². The van der Waals surface area contributed by atoms with Crippen molar-refractivity contribution in [3.8, 4) is 0 Å². The van der Waals surface area contributed by atoms with E-state index in [0.29, 0.717) is 25.8 Å². The molecule has 38 heavy (non-hydrogen) atoms. The third-order valence-corrected chi connectivity index (χ3v) is 7.20. The first-order chi connectivity index (χ1) is 18.4. The zero-order valence-corrected chi connectivity index (χ0v) is 22.7. The Morgan fingerprint density at radius 1 is 0.842 bits per heavy atom. The Labute approximate surface area is 226 Å². The summed E-state index contributed by atoms with van der Waals surface area (Å²) in [6.07, 6.45) is 2.25. The zero-order valence-electron chi connectivity index (χ0n) is 22.7. The second kappa shape index (κ2) is 13.0. The highest BCUT2D eigenvalue weighted by Crippen LogP contribution is 2.22. The van der Waals surface area contributed by atoms with Crippen LogP contribution in [0.1, 0.15) is 48.9 Å². The van der Waals surface area contributed by atoms with Gasteiger partial charge in [-0.2, -0.15) is 0 Å². The first-order valence-electron chi connectivity index (χ1n) is 13.6. The fraction of sp³-hybridized carbons (Fsp3) is 0.294. The number of benzene rings is 4. The summed E-state index contributed by atoms with van der Waals surface area (Å²) in [5, 5.41) is 5.49. The number of nitrogens with zero attached hydrogens (tertiary/aromatic N) is 1. The van der Waals surface area contributed by atoms with Gasteiger partial charge in [0, 0.05) is 25.4 Å². The predicted octanol–water partition coefficient (Wildman–Crippen LogP) is 6.64. The Balaban J connectivity index is 1.65. The number of carbonyl (C=O) groups excluding carboxylic acids is 2. The van der Waals surface area contributed by atoms with E-state index in [-0.39, 0.29) is 17.9 Å². The van der Waals surface area contributed by atoms with Crippen molar-refractivity contribution in [1.82, 2.24) is 10.2 Å². The highest BCUT2D eigenvalue weighted by atomic mass is 16.2. The number of aryl methyl sites for hydroxylation is 2. The third-order valence-electron chi connectivity index (χ3n) is 7.20. The van der Waals surface area contributed by atoms with Gasteiger partial charge < -0.3 is 10.2 Å². The lowest BCUT2D eigenvalue weighted by atomic mass is 9.99. The maximum absolute atomic E-state index is 14.0.